The zero-order valence-corrected chi connectivity index (χ0v) is 62.8. The van der Waals surface area contributed by atoms with Gasteiger partial charge in [-0.1, -0.05) is 177 Å². The van der Waals surface area contributed by atoms with Crippen LogP contribution in [0.5, 0.6) is 23.0 Å². The Balaban J connectivity index is 0.00000408. The molecule has 0 saturated carbocycles. The van der Waals surface area contributed by atoms with Gasteiger partial charge in [0.15, 0.2) is 0 Å². The van der Waals surface area contributed by atoms with Crippen molar-refractivity contribution >= 4 is 43.6 Å². The van der Waals surface area contributed by atoms with Gasteiger partial charge in [-0.05, 0) is 199 Å². The fraction of sp³-hybridized carbons (Fsp3) is 0.405. The van der Waals surface area contributed by atoms with Crippen molar-refractivity contribution < 1.29 is 54.7 Å². The molecule has 9 heteroatoms. The van der Waals surface area contributed by atoms with E-state index < -0.39 is 22.5 Å². The van der Waals surface area contributed by atoms with Gasteiger partial charge >= 0.3 is 26.2 Å². The zero-order chi connectivity index (χ0) is 66.0. The largest absolute Gasteiger partial charge is 2.00 e. The second-order valence-corrected chi connectivity index (χ2v) is 33.6. The summed E-state index contributed by atoms with van der Waals surface area (Å²) >= 11 is 0. The van der Waals surface area contributed by atoms with Crippen LogP contribution in [0, 0.1) is 37.3 Å². The van der Waals surface area contributed by atoms with Gasteiger partial charge in [-0.15, -0.1) is 0 Å². The van der Waals surface area contributed by atoms with Crippen molar-refractivity contribution in [2.24, 2.45) is 10.8 Å². The van der Waals surface area contributed by atoms with E-state index in [1.54, 1.807) is 12.1 Å². The number of hydrogen-bond acceptors (Lipinski definition) is 4. The molecule has 8 aromatic carbocycles. The van der Waals surface area contributed by atoms with Crippen molar-refractivity contribution in [2.45, 2.75) is 198 Å². The standard InChI is InChI=1S/C82H98F2N2O4.2CH3.Zr/c1-75(2,3)47-81(19,20)53-41-63(73(87)69(43-53)85-65-29-23-49(77(7,8)9)37-57(65)58-38-50(78(10,11)12)24-30-66(58)85)61-45-55(83)27-33-71(61)89-35-36-90-72-34-28-56(84)46-62(72)64-42-54(82(21,22)48-76(4,5)6)44-70(74(64)88)86-67-31-25-51(79(13,14)15)39-59(67)60-40-52(80(16,17)18)26-32-68(60)86;;;/h23-34,37-46,87-88H,35-36,47-48H2,1-22H3;2*1H3;/q;2*-1;+2. The van der Waals surface area contributed by atoms with E-state index >= 15 is 8.78 Å². The number of rotatable bonds is 13. The molecule has 2 N–H and O–H groups in total. The summed E-state index contributed by atoms with van der Waals surface area (Å²) in [6, 6.07) is 43.7. The number of nitrogens with zero attached hydrogens (tertiary/aromatic N) is 2. The second-order valence-electron chi connectivity index (χ2n) is 33.6. The first-order chi connectivity index (χ1) is 41.5. The van der Waals surface area contributed by atoms with Gasteiger partial charge in [0.1, 0.15) is 47.8 Å². The SMILES string of the molecule is CC(C)(C)CC(C)(C)c1cc(-c2cc(F)ccc2OCCOc2ccc(F)cc2-c2cc(C(C)(C)CC(C)(C)C)cc(-n3c4ccc(C(C)(C)C)cc4c4cc(C(C)(C)C)ccc43)c2O)c(O)c(-n2c3ccc(C(C)(C)C)cc3c3cc(C(C)(C)C)ccc32)c1.[CH3-].[CH3-].[Zr+2]. The summed E-state index contributed by atoms with van der Waals surface area (Å²) < 4.78 is 49.7. The van der Waals surface area contributed by atoms with Gasteiger partial charge in [0.05, 0.1) is 33.4 Å². The molecule has 93 heavy (non-hydrogen) atoms. The molecule has 0 atom stereocenters. The molecule has 2 aromatic heterocycles. The van der Waals surface area contributed by atoms with Crippen LogP contribution in [0.25, 0.3) is 77.2 Å². The van der Waals surface area contributed by atoms with Crippen LogP contribution in [0.2, 0.25) is 0 Å². The van der Waals surface area contributed by atoms with Gasteiger partial charge in [-0.2, -0.15) is 0 Å². The van der Waals surface area contributed by atoms with Crippen molar-refractivity contribution in [1.29, 1.82) is 0 Å². The Morgan fingerprint density at radius 1 is 0.333 bits per heavy atom. The number of benzene rings is 8. The zero-order valence-electron chi connectivity index (χ0n) is 60.4. The van der Waals surface area contributed by atoms with Crippen LogP contribution in [0.1, 0.15) is 199 Å². The third kappa shape index (κ3) is 15.1. The van der Waals surface area contributed by atoms with Crippen LogP contribution >= 0.6 is 0 Å². The molecule has 0 aliphatic rings. The molecule has 0 spiro atoms. The molecule has 492 valence electrons. The van der Waals surface area contributed by atoms with Crippen LogP contribution in [0.3, 0.4) is 0 Å². The van der Waals surface area contributed by atoms with E-state index in [9.17, 15) is 10.2 Å². The summed E-state index contributed by atoms with van der Waals surface area (Å²) in [6.45, 7) is 49.1. The fourth-order valence-electron chi connectivity index (χ4n) is 14.0. The molecule has 0 unspecified atom stereocenters. The third-order valence-corrected chi connectivity index (χ3v) is 18.2. The number of phenols is 2. The number of halogens is 2. The quantitative estimate of drug-likeness (QED) is 0.0892. The predicted octanol–water partition coefficient (Wildman–Crippen LogP) is 23.9. The normalized spacial score (nSPS) is 12.9. The van der Waals surface area contributed by atoms with Gasteiger partial charge in [0, 0.05) is 43.8 Å². The maximum Gasteiger partial charge on any atom is 2.00 e. The Labute approximate surface area is 575 Å². The number of ether oxygens (including phenoxy) is 2. The van der Waals surface area contributed by atoms with Crippen molar-refractivity contribution in [3.8, 4) is 56.6 Å². The van der Waals surface area contributed by atoms with Gasteiger partial charge in [0.25, 0.3) is 0 Å². The smallest absolute Gasteiger partial charge is 0.505 e. The van der Waals surface area contributed by atoms with E-state index in [4.69, 9.17) is 9.47 Å². The van der Waals surface area contributed by atoms with Gasteiger partial charge in [0.2, 0.25) is 0 Å². The average Bonchev–Trinajstić information content (AvgIpc) is 1.62. The number of fused-ring (bicyclic) bond motifs is 6. The summed E-state index contributed by atoms with van der Waals surface area (Å²) in [4.78, 5) is 0. The summed E-state index contributed by atoms with van der Waals surface area (Å²) in [5.41, 5.74) is 12.1. The molecule has 6 nitrogen and oxygen atoms in total. The van der Waals surface area contributed by atoms with E-state index in [1.807, 2.05) is 12.1 Å². The molecule has 0 amide bonds. The molecule has 0 fully saturated rings. The molecular formula is C84H104F2N2O4Zr. The van der Waals surface area contributed by atoms with Gasteiger partial charge in [-0.25, -0.2) is 8.78 Å². The van der Waals surface area contributed by atoms with Crippen molar-refractivity contribution in [2.75, 3.05) is 13.2 Å². The maximum absolute atomic E-state index is 16.0. The molecule has 0 radical (unpaired) electrons. The summed E-state index contributed by atoms with van der Waals surface area (Å²) in [5, 5.41) is 30.5. The van der Waals surface area contributed by atoms with Crippen molar-refractivity contribution in [3.63, 3.8) is 0 Å². The molecular weight excluding hydrogens is 1230 g/mol. The molecule has 10 aromatic rings. The van der Waals surface area contributed by atoms with E-state index in [0.717, 1.165) is 67.6 Å². The molecule has 10 rings (SSSR count). The minimum Gasteiger partial charge on any atom is -0.505 e. The molecule has 0 saturated heterocycles. The second kappa shape index (κ2) is 25.8. The van der Waals surface area contributed by atoms with Crippen molar-refractivity contribution in [1.82, 2.24) is 9.13 Å². The van der Waals surface area contributed by atoms with Crippen molar-refractivity contribution in [3.05, 3.63) is 193 Å². The predicted molar refractivity (Wildman–Crippen MR) is 388 cm³/mol. The molecule has 0 aliphatic heterocycles. The van der Waals surface area contributed by atoms with E-state index in [1.165, 1.54) is 46.5 Å². The number of hydrogen-bond donors (Lipinski definition) is 2. The minimum absolute atomic E-state index is 0. The third-order valence-electron chi connectivity index (χ3n) is 18.2. The van der Waals surface area contributed by atoms with Gasteiger partial charge < -0.3 is 43.7 Å². The number of aromatic hydroxyl groups is 2. The van der Waals surface area contributed by atoms with E-state index in [2.05, 4.69) is 246 Å². The minimum atomic E-state index is -0.483. The summed E-state index contributed by atoms with van der Waals surface area (Å²) in [7, 11) is 0. The van der Waals surface area contributed by atoms with Crippen LogP contribution in [-0.2, 0) is 58.7 Å². The monoisotopic (exact) mass is 1330 g/mol. The average molecular weight is 1330 g/mol. The fourth-order valence-corrected chi connectivity index (χ4v) is 14.0. The molecule has 2 heterocycles. The topological polar surface area (TPSA) is 68.8 Å². The van der Waals surface area contributed by atoms with Gasteiger partial charge in [-0.3, -0.25) is 0 Å². The maximum atomic E-state index is 16.0. The Kier molecular flexibility index (Phi) is 20.4. The first-order valence-corrected chi connectivity index (χ1v) is 32.3. The number of aromatic nitrogens is 2. The van der Waals surface area contributed by atoms with Crippen LogP contribution in [-0.4, -0.2) is 32.6 Å². The Morgan fingerprint density at radius 3 is 0.849 bits per heavy atom. The molecule has 0 aliphatic carbocycles. The van der Waals surface area contributed by atoms with E-state index in [-0.39, 0.29) is 98.3 Å². The summed E-state index contributed by atoms with van der Waals surface area (Å²) in [6.07, 6.45) is 1.65. The van der Waals surface area contributed by atoms with E-state index in [0.29, 0.717) is 45.1 Å². The van der Waals surface area contributed by atoms with Crippen LogP contribution in [0.4, 0.5) is 8.78 Å². The Hall–Kier alpha value is -6.70. The Bertz CT molecular complexity index is 3990. The first kappa shape index (κ1) is 73.7. The van der Waals surface area contributed by atoms with Crippen LogP contribution in [0.15, 0.2) is 133 Å². The summed E-state index contributed by atoms with van der Waals surface area (Å²) in [5.74, 6) is -0.283. The molecule has 0 bridgehead atoms. The first-order valence-electron chi connectivity index (χ1n) is 32.3. The Morgan fingerprint density at radius 2 is 0.602 bits per heavy atom. The van der Waals surface area contributed by atoms with Crippen LogP contribution < -0.4 is 9.47 Å². The number of phenolic OH excluding ortho intramolecular Hbond substituents is 2.